The Morgan fingerprint density at radius 2 is 1.29 bits per heavy atom. The number of fused-ring (bicyclic) bond motifs is 1. The Morgan fingerprint density at radius 3 is 1.93 bits per heavy atom. The smallest absolute Gasteiger partial charge is 0.245 e. The zero-order chi connectivity index (χ0) is 60.8. The average Bonchev–Trinajstić information content (AvgIpc) is 4.46. The van der Waals surface area contributed by atoms with Crippen molar-refractivity contribution in [1.82, 2.24) is 57.7 Å². The van der Waals surface area contributed by atoms with Crippen LogP contribution in [0.2, 0.25) is 0 Å². The highest BCUT2D eigenvalue weighted by atomic mass is 16.3. The zero-order valence-electron chi connectivity index (χ0n) is 47.4. The summed E-state index contributed by atoms with van der Waals surface area (Å²) in [7, 11) is 0. The molecule has 1 aromatic heterocycles. The van der Waals surface area contributed by atoms with Crippen molar-refractivity contribution in [1.29, 1.82) is 0 Å². The molecule has 0 bridgehead atoms. The predicted octanol–water partition coefficient (Wildman–Crippen LogP) is -2.74. The molecule has 28 nitrogen and oxygen atoms in total. The van der Waals surface area contributed by atoms with Gasteiger partial charge in [-0.05, 0) is 100 Å². The van der Waals surface area contributed by atoms with Crippen molar-refractivity contribution < 1.29 is 53.1 Å². The minimum Gasteiger partial charge on any atom is -0.508 e. The van der Waals surface area contributed by atoms with Gasteiger partial charge < -0.3 is 85.8 Å². The number of H-pyrrole nitrogens is 1. The second-order valence-electron chi connectivity index (χ2n) is 21.0. The molecule has 83 heavy (non-hydrogen) atoms. The van der Waals surface area contributed by atoms with Crippen LogP contribution >= 0.6 is 0 Å². The summed E-state index contributed by atoms with van der Waals surface area (Å²) in [5.41, 5.74) is 24.0. The molecule has 0 radical (unpaired) electrons. The number of guanidine groups is 2. The molecule has 28 heteroatoms. The number of amides is 10. The monoisotopic (exact) mass is 1160 g/mol. The lowest BCUT2D eigenvalue weighted by atomic mass is 10.0. The summed E-state index contributed by atoms with van der Waals surface area (Å²) in [4.78, 5) is 149. The largest absolute Gasteiger partial charge is 0.508 e. The van der Waals surface area contributed by atoms with E-state index < -0.39 is 102 Å². The van der Waals surface area contributed by atoms with Gasteiger partial charge in [-0.15, -0.1) is 0 Å². The van der Waals surface area contributed by atoms with Gasteiger partial charge in [-0.3, -0.25) is 57.9 Å². The predicted molar refractivity (Wildman–Crippen MR) is 308 cm³/mol. The summed E-state index contributed by atoms with van der Waals surface area (Å²) in [6.45, 7) is 7.01. The van der Waals surface area contributed by atoms with Crippen molar-refractivity contribution in [2.75, 3.05) is 32.7 Å². The van der Waals surface area contributed by atoms with E-state index in [4.69, 9.17) is 22.9 Å². The topological polar surface area (TPSA) is 447 Å². The Balaban J connectivity index is 1.30. The lowest BCUT2D eigenvalue weighted by Gasteiger charge is -2.30. The first-order valence-electron chi connectivity index (χ1n) is 27.9. The standard InChI is InChI=1S/C55H81N17O11/c1-5-60-52(82)43-15-10-24-72(43)53(83)39(14-9-23-62-55(58)59)68-50(80)40(25-30(2)3)69-46(76)31(4)65-45(75)29-64-47(77)42(27-33-28-63-36-12-7-6-11-35(33)36)71-48(78)37(13-8-22-61-54(56)57)67-51(81)41(26-32-16-18-34(73)19-17-32)70-49(79)38-20-21-44(74)66-38/h6-7,11-12,16-19,28,30-31,37-43,63,73H,5,8-10,13-15,20-27,29H2,1-4H3,(H,60,82)(H,64,77)(H,65,75)(H,66,74)(H,67,81)(H,68,80)(H,69,76)(H,70,79)(H,71,78)(H4,56,57,61)(H4,58,59,62)/t31-,37+,38?,39+,40+,41+,42+,43+/m1/s1. The number of aromatic hydroxyl groups is 1. The van der Waals surface area contributed by atoms with Crippen LogP contribution in [0, 0.1) is 5.92 Å². The average molecular weight is 1160 g/mol. The van der Waals surface area contributed by atoms with Crippen molar-refractivity contribution in [2.45, 2.75) is 147 Å². The molecule has 2 aliphatic rings. The maximum atomic E-state index is 14.5. The van der Waals surface area contributed by atoms with E-state index >= 15 is 0 Å². The van der Waals surface area contributed by atoms with E-state index in [1.807, 2.05) is 32.0 Å². The number of aromatic amines is 1. The number of benzene rings is 2. The first kappa shape index (κ1) is 64.8. The van der Waals surface area contributed by atoms with Crippen LogP contribution in [-0.2, 0) is 60.8 Å². The van der Waals surface area contributed by atoms with Gasteiger partial charge in [-0.1, -0.05) is 44.2 Å². The number of phenols is 1. The van der Waals surface area contributed by atoms with Gasteiger partial charge in [0.1, 0.15) is 54.1 Å². The van der Waals surface area contributed by atoms with Crippen LogP contribution in [-0.4, -0.2) is 167 Å². The van der Waals surface area contributed by atoms with Gasteiger partial charge >= 0.3 is 0 Å². The van der Waals surface area contributed by atoms with Gasteiger partial charge in [0.2, 0.25) is 59.1 Å². The number of hydrogen-bond acceptors (Lipinski definition) is 13. The molecule has 2 aliphatic heterocycles. The second kappa shape index (κ2) is 31.9. The van der Waals surface area contributed by atoms with Gasteiger partial charge in [0, 0.05) is 62.5 Å². The van der Waals surface area contributed by atoms with Crippen molar-refractivity contribution in [2.24, 2.45) is 38.8 Å². The molecule has 2 aromatic carbocycles. The zero-order valence-corrected chi connectivity index (χ0v) is 47.4. The number of phenolic OH excluding ortho intramolecular Hbond substituents is 1. The van der Waals surface area contributed by atoms with Crippen LogP contribution in [0.1, 0.15) is 96.6 Å². The number of nitrogens with two attached hydrogens (primary N) is 4. The second-order valence-corrected chi connectivity index (χ2v) is 21.0. The summed E-state index contributed by atoms with van der Waals surface area (Å²) in [6.07, 6.45) is 3.44. The molecule has 3 heterocycles. The molecule has 0 saturated carbocycles. The molecule has 0 aliphatic carbocycles. The van der Waals surface area contributed by atoms with E-state index in [9.17, 15) is 53.1 Å². The Hall–Kier alpha value is -8.98. The van der Waals surface area contributed by atoms with Gasteiger partial charge in [-0.25, -0.2) is 0 Å². The molecular formula is C55H81N17O11. The fourth-order valence-corrected chi connectivity index (χ4v) is 9.68. The molecule has 19 N–H and O–H groups in total. The fraction of sp³-hybridized carbons (Fsp3) is 0.527. The van der Waals surface area contributed by atoms with Gasteiger partial charge in [-0.2, -0.15) is 0 Å². The molecule has 8 atom stereocenters. The van der Waals surface area contributed by atoms with Crippen LogP contribution in [0.15, 0.2) is 64.7 Å². The summed E-state index contributed by atoms with van der Waals surface area (Å²) in [5.74, 6) is -6.95. The number of nitrogens with zero attached hydrogens (tertiary/aromatic N) is 3. The summed E-state index contributed by atoms with van der Waals surface area (Å²) >= 11 is 0. The van der Waals surface area contributed by atoms with Crippen molar-refractivity contribution >= 4 is 81.9 Å². The molecule has 5 rings (SSSR count). The highest BCUT2D eigenvalue weighted by molar-refractivity contribution is 5.99. The van der Waals surface area contributed by atoms with Gasteiger partial charge in [0.25, 0.3) is 0 Å². The van der Waals surface area contributed by atoms with Gasteiger partial charge in [0.15, 0.2) is 11.9 Å². The maximum Gasteiger partial charge on any atom is 0.245 e. The third-order valence-electron chi connectivity index (χ3n) is 13.9. The summed E-state index contributed by atoms with van der Waals surface area (Å²) < 4.78 is 0. The lowest BCUT2D eigenvalue weighted by Crippen LogP contribution is -2.59. The van der Waals surface area contributed by atoms with Crippen LogP contribution in [0.3, 0.4) is 0 Å². The minimum absolute atomic E-state index is 0.0350. The number of likely N-dealkylation sites (N-methyl/N-ethyl adjacent to an activating group) is 1. The van der Waals surface area contributed by atoms with Crippen molar-refractivity contribution in [3.05, 3.63) is 65.9 Å². The number of hydrogen-bond donors (Lipinski definition) is 15. The molecule has 1 unspecified atom stereocenters. The van der Waals surface area contributed by atoms with Gasteiger partial charge in [0.05, 0.1) is 6.54 Å². The molecule has 452 valence electrons. The molecular weight excluding hydrogens is 1070 g/mol. The maximum absolute atomic E-state index is 14.5. The molecule has 2 saturated heterocycles. The Bertz CT molecular complexity index is 2830. The van der Waals surface area contributed by atoms with E-state index in [2.05, 4.69) is 62.8 Å². The molecule has 10 amide bonds. The highest BCUT2D eigenvalue weighted by Gasteiger charge is 2.39. The van der Waals surface area contributed by atoms with Crippen LogP contribution in [0.4, 0.5) is 0 Å². The Kier molecular flexibility index (Phi) is 24.9. The van der Waals surface area contributed by atoms with E-state index in [0.29, 0.717) is 43.5 Å². The van der Waals surface area contributed by atoms with Crippen LogP contribution in [0.5, 0.6) is 5.75 Å². The lowest BCUT2D eigenvalue weighted by molar-refractivity contribution is -0.142. The number of para-hydroxylation sites is 1. The number of nitrogens with one attached hydrogen (secondary N) is 10. The molecule has 3 aromatic rings. The Labute approximate surface area is 481 Å². The third-order valence-corrected chi connectivity index (χ3v) is 13.9. The van der Waals surface area contributed by atoms with E-state index in [0.717, 1.165) is 10.9 Å². The van der Waals surface area contributed by atoms with Crippen LogP contribution < -0.4 is 70.8 Å². The summed E-state index contributed by atoms with van der Waals surface area (Å²) in [6, 6.07) is 3.96. The molecule has 2 fully saturated rings. The Morgan fingerprint density at radius 1 is 0.687 bits per heavy atom. The van der Waals surface area contributed by atoms with E-state index in [1.165, 1.54) is 24.0 Å². The number of carbonyl (C=O) groups excluding carboxylic acids is 10. The van der Waals surface area contributed by atoms with Crippen molar-refractivity contribution in [3.8, 4) is 5.75 Å². The number of rotatable bonds is 31. The van der Waals surface area contributed by atoms with Crippen LogP contribution in [0.25, 0.3) is 10.9 Å². The number of aliphatic imine (C=N–C) groups is 2. The first-order valence-corrected chi connectivity index (χ1v) is 27.9. The quantitative estimate of drug-likeness (QED) is 0.0177. The number of aromatic nitrogens is 1. The normalized spacial score (nSPS) is 16.8. The molecule has 0 spiro atoms. The third kappa shape index (κ3) is 20.5. The minimum atomic E-state index is -1.38. The van der Waals surface area contributed by atoms with E-state index in [-0.39, 0.29) is 99.9 Å². The number of likely N-dealkylation sites (tertiary alicyclic amines) is 1. The van der Waals surface area contributed by atoms with Crippen molar-refractivity contribution in [3.63, 3.8) is 0 Å². The number of carbonyl (C=O) groups is 10. The SMILES string of the molecule is CCNC(=O)[C@@H]1CCCN1C(=O)[C@H](CCCN=C(N)N)NC(=O)[C@H](CC(C)C)NC(=O)[C@@H](C)NC(=O)CNC(=O)[C@H](Cc1c[nH]c2ccccc12)NC(=O)[C@H](CCCN=C(N)N)NC(=O)[C@H](Cc1ccc(O)cc1)NC(=O)C1CCC(=O)N1. The summed E-state index contributed by atoms with van der Waals surface area (Å²) in [5, 5.41) is 34.7. The van der Waals surface area contributed by atoms with E-state index in [1.54, 1.807) is 31.3 Å². The first-order chi connectivity index (χ1) is 39.5. The fourth-order valence-electron chi connectivity index (χ4n) is 9.68. The highest BCUT2D eigenvalue weighted by Crippen LogP contribution is 2.22.